The van der Waals surface area contributed by atoms with Gasteiger partial charge in [0.05, 0.1) is 13.2 Å². The molecule has 0 radical (unpaired) electrons. The molecule has 7 heteroatoms. The van der Waals surface area contributed by atoms with E-state index in [1.54, 1.807) is 0 Å². The topological polar surface area (TPSA) is 73.9 Å². The van der Waals surface area contributed by atoms with Gasteiger partial charge in [-0.2, -0.15) is 0 Å². The first kappa shape index (κ1) is 21.4. The van der Waals surface area contributed by atoms with Crippen LogP contribution in [0.4, 0.5) is 4.79 Å². The number of likely N-dealkylation sites (tertiary alicyclic amines) is 1. The first-order valence-corrected chi connectivity index (χ1v) is 11.3. The highest BCUT2D eigenvalue weighted by atomic mass is 16.5. The van der Waals surface area contributed by atoms with E-state index in [2.05, 4.69) is 15.5 Å². The molecule has 3 amide bonds. The average molecular weight is 395 g/mol. The molecular weight excluding hydrogens is 356 g/mol. The molecule has 2 heterocycles. The lowest BCUT2D eigenvalue weighted by atomic mass is 9.93. The van der Waals surface area contributed by atoms with Crippen molar-refractivity contribution in [3.05, 3.63) is 0 Å². The summed E-state index contributed by atoms with van der Waals surface area (Å²) in [5.41, 5.74) is 0. The Morgan fingerprint density at radius 1 is 0.929 bits per heavy atom. The predicted octanol–water partition coefficient (Wildman–Crippen LogP) is 1.97. The van der Waals surface area contributed by atoms with Crippen LogP contribution in [-0.2, 0) is 9.53 Å². The van der Waals surface area contributed by atoms with E-state index in [0.717, 1.165) is 84.6 Å². The highest BCUT2D eigenvalue weighted by Gasteiger charge is 2.26. The van der Waals surface area contributed by atoms with Gasteiger partial charge in [-0.3, -0.25) is 9.69 Å². The second-order valence-electron chi connectivity index (χ2n) is 8.58. The maximum Gasteiger partial charge on any atom is 0.317 e. The Morgan fingerprint density at radius 3 is 2.36 bits per heavy atom. The van der Waals surface area contributed by atoms with Crippen LogP contribution in [-0.4, -0.2) is 80.3 Å². The van der Waals surface area contributed by atoms with Gasteiger partial charge in [0.25, 0.3) is 0 Å². The van der Waals surface area contributed by atoms with Crippen molar-refractivity contribution in [2.75, 3.05) is 52.5 Å². The summed E-state index contributed by atoms with van der Waals surface area (Å²) in [6.45, 7) is 6.97. The molecule has 0 aromatic heterocycles. The van der Waals surface area contributed by atoms with Crippen molar-refractivity contribution in [2.45, 2.75) is 63.8 Å². The molecule has 0 aromatic rings. The molecule has 3 aliphatic rings. The fourth-order valence-electron chi connectivity index (χ4n) is 4.54. The molecule has 0 aromatic carbocycles. The van der Waals surface area contributed by atoms with Crippen molar-refractivity contribution < 1.29 is 14.3 Å². The van der Waals surface area contributed by atoms with Crippen molar-refractivity contribution in [3.63, 3.8) is 0 Å². The minimum Gasteiger partial charge on any atom is -0.379 e. The number of piperidine rings is 1. The van der Waals surface area contributed by atoms with Crippen LogP contribution in [0.25, 0.3) is 0 Å². The Bertz CT molecular complexity index is 482. The molecule has 160 valence electrons. The van der Waals surface area contributed by atoms with E-state index in [0.29, 0.717) is 18.4 Å². The summed E-state index contributed by atoms with van der Waals surface area (Å²) in [6, 6.07) is 0.458. The van der Waals surface area contributed by atoms with E-state index in [1.165, 1.54) is 19.3 Å². The van der Waals surface area contributed by atoms with Gasteiger partial charge in [0.15, 0.2) is 0 Å². The van der Waals surface area contributed by atoms with E-state index in [9.17, 15) is 9.59 Å². The normalized spacial score (nSPS) is 22.8. The molecule has 0 unspecified atom stereocenters. The van der Waals surface area contributed by atoms with Crippen LogP contribution in [0, 0.1) is 5.92 Å². The zero-order valence-electron chi connectivity index (χ0n) is 17.3. The smallest absolute Gasteiger partial charge is 0.317 e. The highest BCUT2D eigenvalue weighted by Crippen LogP contribution is 2.22. The fraction of sp³-hybridized carbons (Fsp3) is 0.905. The summed E-state index contributed by atoms with van der Waals surface area (Å²) < 4.78 is 5.35. The van der Waals surface area contributed by atoms with Gasteiger partial charge >= 0.3 is 6.03 Å². The summed E-state index contributed by atoms with van der Waals surface area (Å²) in [5, 5.41) is 6.27. The lowest BCUT2D eigenvalue weighted by Gasteiger charge is -2.33. The Labute approximate surface area is 169 Å². The van der Waals surface area contributed by atoms with Crippen molar-refractivity contribution in [1.82, 2.24) is 20.4 Å². The minimum atomic E-state index is 0.0953. The van der Waals surface area contributed by atoms with Crippen LogP contribution in [0.5, 0.6) is 0 Å². The molecule has 0 atom stereocenters. The molecule has 0 bridgehead atoms. The molecule has 0 spiro atoms. The Hall–Kier alpha value is -1.34. The monoisotopic (exact) mass is 394 g/mol. The third-order valence-electron chi connectivity index (χ3n) is 6.39. The first-order chi connectivity index (χ1) is 13.7. The van der Waals surface area contributed by atoms with Gasteiger partial charge in [-0.15, -0.1) is 0 Å². The lowest BCUT2D eigenvalue weighted by Crippen LogP contribution is -2.48. The number of rotatable bonds is 7. The van der Waals surface area contributed by atoms with Gasteiger partial charge in [-0.1, -0.05) is 19.3 Å². The Balaban J connectivity index is 1.24. The maximum atomic E-state index is 12.4. The number of amides is 3. The van der Waals surface area contributed by atoms with Gasteiger partial charge < -0.3 is 20.3 Å². The van der Waals surface area contributed by atoms with Crippen LogP contribution >= 0.6 is 0 Å². The van der Waals surface area contributed by atoms with Crippen LogP contribution in [0.3, 0.4) is 0 Å². The molecule has 2 N–H and O–H groups in total. The standard InChI is InChI=1S/C21H38N4O3/c26-20(22-9-4-10-24-13-15-28-16-14-24)17-18-7-11-25(12-8-18)21(27)23-19-5-2-1-3-6-19/h18-19H,1-17H2,(H,22,26)(H,23,27). The van der Waals surface area contributed by atoms with Crippen molar-refractivity contribution in [3.8, 4) is 0 Å². The van der Waals surface area contributed by atoms with Gasteiger partial charge in [-0.05, 0) is 44.6 Å². The molecule has 28 heavy (non-hydrogen) atoms. The number of nitrogens with zero attached hydrogens (tertiary/aromatic N) is 2. The number of morpholine rings is 1. The van der Waals surface area contributed by atoms with E-state index < -0.39 is 0 Å². The molecule has 3 rings (SSSR count). The molecule has 2 saturated heterocycles. The van der Waals surface area contributed by atoms with Crippen LogP contribution in [0.15, 0.2) is 0 Å². The van der Waals surface area contributed by atoms with Gasteiger partial charge in [0.1, 0.15) is 0 Å². The maximum absolute atomic E-state index is 12.4. The molecule has 1 saturated carbocycles. The van der Waals surface area contributed by atoms with Crippen LogP contribution in [0.1, 0.15) is 57.8 Å². The quantitative estimate of drug-likeness (QED) is 0.648. The number of carbonyl (C=O) groups excluding carboxylic acids is 2. The van der Waals surface area contributed by atoms with Crippen LogP contribution < -0.4 is 10.6 Å². The van der Waals surface area contributed by atoms with Gasteiger partial charge in [-0.25, -0.2) is 4.79 Å². The molecule has 3 fully saturated rings. The molecule has 7 nitrogen and oxygen atoms in total. The van der Waals surface area contributed by atoms with Crippen molar-refractivity contribution >= 4 is 11.9 Å². The van der Waals surface area contributed by atoms with Crippen molar-refractivity contribution in [2.24, 2.45) is 5.92 Å². The van der Waals surface area contributed by atoms with Gasteiger partial charge in [0.2, 0.25) is 5.91 Å². The zero-order valence-corrected chi connectivity index (χ0v) is 17.3. The van der Waals surface area contributed by atoms with Crippen LogP contribution in [0.2, 0.25) is 0 Å². The second kappa shape index (κ2) is 11.6. The van der Waals surface area contributed by atoms with Gasteiger partial charge in [0, 0.05) is 45.2 Å². The summed E-state index contributed by atoms with van der Waals surface area (Å²) in [7, 11) is 0. The molecule has 1 aliphatic carbocycles. The summed E-state index contributed by atoms with van der Waals surface area (Å²) >= 11 is 0. The number of hydrogen-bond acceptors (Lipinski definition) is 4. The fourth-order valence-corrected chi connectivity index (χ4v) is 4.54. The van der Waals surface area contributed by atoms with E-state index in [4.69, 9.17) is 4.74 Å². The Kier molecular flexibility index (Phi) is 8.86. The van der Waals surface area contributed by atoms with E-state index in [-0.39, 0.29) is 11.9 Å². The summed E-state index contributed by atoms with van der Waals surface area (Å²) in [5.74, 6) is 0.560. The first-order valence-electron chi connectivity index (χ1n) is 11.3. The molecular formula is C21H38N4O3. The number of nitrogens with one attached hydrogen (secondary N) is 2. The average Bonchev–Trinajstić information content (AvgIpc) is 2.73. The number of hydrogen-bond donors (Lipinski definition) is 2. The summed E-state index contributed by atoms with van der Waals surface area (Å²) in [6.07, 6.45) is 9.44. The Morgan fingerprint density at radius 2 is 1.64 bits per heavy atom. The third-order valence-corrected chi connectivity index (χ3v) is 6.39. The van der Waals surface area contributed by atoms with Crippen molar-refractivity contribution in [1.29, 1.82) is 0 Å². The minimum absolute atomic E-state index is 0.0953. The second-order valence-corrected chi connectivity index (χ2v) is 8.58. The number of carbonyl (C=O) groups is 2. The number of urea groups is 1. The van der Waals surface area contributed by atoms with E-state index >= 15 is 0 Å². The zero-order chi connectivity index (χ0) is 19.6. The third kappa shape index (κ3) is 7.24. The highest BCUT2D eigenvalue weighted by molar-refractivity contribution is 5.76. The number of ether oxygens (including phenoxy) is 1. The predicted molar refractivity (Wildman–Crippen MR) is 109 cm³/mol. The van der Waals surface area contributed by atoms with E-state index in [1.807, 2.05) is 4.90 Å². The summed E-state index contributed by atoms with van der Waals surface area (Å²) in [4.78, 5) is 29.0. The lowest BCUT2D eigenvalue weighted by molar-refractivity contribution is -0.122. The molecule has 2 aliphatic heterocycles. The largest absolute Gasteiger partial charge is 0.379 e. The SMILES string of the molecule is O=C(CC1CCN(C(=O)NC2CCCCC2)CC1)NCCCN1CCOCC1.